The molecule has 4 aliphatic heterocycles. The van der Waals surface area contributed by atoms with E-state index in [-0.39, 0.29) is 65.6 Å². The van der Waals surface area contributed by atoms with E-state index in [9.17, 15) is 28.8 Å². The summed E-state index contributed by atoms with van der Waals surface area (Å²) in [5.41, 5.74) is 2.19. The number of carbonyl (C=O) groups excluding carboxylic acids is 6. The SMILES string of the molecule is CCC1O[C@H](OCc2ccccc2)C(OO[C@@H]2C(OC(=O)c3ccccc3)[C@@H](O[C@@H]3C(OC(=O)c4ccccc4)[C@@H](O[C@@H]4C(OC(=O)c5ccccc5)COC(COC(=O)c5ccccc5)[C@H]4C)OC(COC(=O)c4ccccc4)[C@H]3C)OC(COC(=O)c3ccccc3)[C@H]2C)[C@@H](C)[C@@H]1C. The lowest BCUT2D eigenvalue weighted by Gasteiger charge is -2.50. The molecule has 0 bridgehead atoms. The molecule has 4 saturated heterocycles. The van der Waals surface area contributed by atoms with Gasteiger partial charge in [-0.05, 0) is 96.6 Å². The zero-order valence-electron chi connectivity index (χ0n) is 56.5. The Kier molecular flexibility index (Phi) is 25.2. The predicted molar refractivity (Wildman–Crippen MR) is 360 cm³/mol. The highest BCUT2D eigenvalue weighted by molar-refractivity contribution is 5.92. The van der Waals surface area contributed by atoms with Crippen LogP contribution in [0.5, 0.6) is 0 Å². The Hall–Kier alpha value is -9.00. The third kappa shape index (κ3) is 18.1. The van der Waals surface area contributed by atoms with E-state index in [1.165, 1.54) is 0 Å². The van der Waals surface area contributed by atoms with Crippen LogP contribution in [0.25, 0.3) is 0 Å². The topological polar surface area (TPSA) is 241 Å². The van der Waals surface area contributed by atoms with Gasteiger partial charge < -0.3 is 61.6 Å². The largest absolute Gasteiger partial charge is 0.459 e. The van der Waals surface area contributed by atoms with Crippen molar-refractivity contribution in [2.75, 3.05) is 26.4 Å². The van der Waals surface area contributed by atoms with Gasteiger partial charge in [-0.3, -0.25) is 0 Å². The third-order valence-corrected chi connectivity index (χ3v) is 18.9. The second-order valence-corrected chi connectivity index (χ2v) is 25.5. The number of esters is 6. The molecule has 21 heteroatoms. The summed E-state index contributed by atoms with van der Waals surface area (Å²) in [6.45, 7) is 10.2. The van der Waals surface area contributed by atoms with Crippen LogP contribution in [0, 0.1) is 29.6 Å². The maximum Gasteiger partial charge on any atom is 0.338 e. The Bertz CT molecular complexity index is 3740. The van der Waals surface area contributed by atoms with Crippen molar-refractivity contribution in [2.24, 2.45) is 29.6 Å². The van der Waals surface area contributed by atoms with Gasteiger partial charge in [0.1, 0.15) is 56.4 Å². The van der Waals surface area contributed by atoms with Crippen LogP contribution in [-0.2, 0) is 78.0 Å². The number of hydrogen-bond acceptors (Lipinski definition) is 21. The number of hydrogen-bond donors (Lipinski definition) is 0. The van der Waals surface area contributed by atoms with Gasteiger partial charge in [0.2, 0.25) is 0 Å². The minimum atomic E-state index is -1.74. The fraction of sp³-hybridized carbons (Fsp3) is 0.392. The van der Waals surface area contributed by atoms with Crippen LogP contribution in [0.1, 0.15) is 116 Å². The lowest BCUT2D eigenvalue weighted by atomic mass is 9.82. The van der Waals surface area contributed by atoms with Crippen molar-refractivity contribution in [2.45, 2.75) is 141 Å². The minimum absolute atomic E-state index is 0.0609. The van der Waals surface area contributed by atoms with E-state index in [1.54, 1.807) is 203 Å². The van der Waals surface area contributed by atoms with Gasteiger partial charge in [-0.15, -0.1) is 0 Å². The third-order valence-electron chi connectivity index (χ3n) is 18.9. The van der Waals surface area contributed by atoms with Crippen molar-refractivity contribution in [3.05, 3.63) is 251 Å². The summed E-state index contributed by atoms with van der Waals surface area (Å²) in [4.78, 5) is 98.8. The smallest absolute Gasteiger partial charge is 0.338 e. The Morgan fingerprint density at radius 3 is 1.11 bits per heavy atom. The van der Waals surface area contributed by atoms with Crippen molar-refractivity contribution >= 4 is 35.8 Å². The van der Waals surface area contributed by atoms with Gasteiger partial charge in [-0.25, -0.2) is 38.5 Å². The molecule has 0 N–H and O–H groups in total. The summed E-state index contributed by atoms with van der Waals surface area (Å²) >= 11 is 0. The van der Waals surface area contributed by atoms with Crippen LogP contribution in [0.3, 0.4) is 0 Å². The van der Waals surface area contributed by atoms with E-state index in [1.807, 2.05) is 44.2 Å². The van der Waals surface area contributed by atoms with E-state index >= 15 is 0 Å². The fourth-order valence-corrected chi connectivity index (χ4v) is 12.7. The highest BCUT2D eigenvalue weighted by Crippen LogP contribution is 2.42. The molecule has 526 valence electrons. The van der Waals surface area contributed by atoms with Crippen molar-refractivity contribution in [1.29, 1.82) is 0 Å². The quantitative estimate of drug-likeness (QED) is 0.0212. The molecule has 19 atom stereocenters. The average Bonchev–Trinajstić information content (AvgIpc) is 0.895. The monoisotopic (exact) mass is 1370 g/mol. The molecule has 0 spiro atoms. The Morgan fingerprint density at radius 1 is 0.340 bits per heavy atom. The van der Waals surface area contributed by atoms with E-state index in [4.69, 9.17) is 71.4 Å². The molecule has 11 rings (SSSR count). The second kappa shape index (κ2) is 34.9. The van der Waals surface area contributed by atoms with Gasteiger partial charge in [0, 0.05) is 17.8 Å². The molecule has 4 aliphatic rings. The molecule has 0 aliphatic carbocycles. The lowest BCUT2D eigenvalue weighted by Crippen LogP contribution is -2.64. The summed E-state index contributed by atoms with van der Waals surface area (Å²) in [5, 5.41) is 0. The van der Waals surface area contributed by atoms with Gasteiger partial charge in [0.05, 0.1) is 58.8 Å². The van der Waals surface area contributed by atoms with Gasteiger partial charge in [0.25, 0.3) is 0 Å². The van der Waals surface area contributed by atoms with Crippen LogP contribution in [0.4, 0.5) is 0 Å². The van der Waals surface area contributed by atoms with Crippen LogP contribution in [0.2, 0.25) is 0 Å². The molecule has 100 heavy (non-hydrogen) atoms. The summed E-state index contributed by atoms with van der Waals surface area (Å²) in [7, 11) is 0. The molecule has 21 nitrogen and oxygen atoms in total. The minimum Gasteiger partial charge on any atom is -0.459 e. The van der Waals surface area contributed by atoms with E-state index in [0.29, 0.717) is 12.0 Å². The molecular weight excluding hydrogens is 1280 g/mol. The van der Waals surface area contributed by atoms with Crippen LogP contribution in [-0.4, -0.2) is 148 Å². The fourth-order valence-electron chi connectivity index (χ4n) is 12.7. The highest BCUT2D eigenvalue weighted by atomic mass is 17.2. The summed E-state index contributed by atoms with van der Waals surface area (Å²) in [6, 6.07) is 59.5. The first kappa shape index (κ1) is 72.3. The first-order valence-electron chi connectivity index (χ1n) is 33.9. The first-order chi connectivity index (χ1) is 48.6. The molecule has 7 aromatic carbocycles. The number of benzene rings is 7. The summed E-state index contributed by atoms with van der Waals surface area (Å²) in [5.74, 6) is -7.31. The molecular formula is C79H84O21. The van der Waals surface area contributed by atoms with Crippen molar-refractivity contribution < 1.29 is 100 Å². The maximum absolute atomic E-state index is 15.0. The van der Waals surface area contributed by atoms with Crippen LogP contribution >= 0.6 is 0 Å². The van der Waals surface area contributed by atoms with Gasteiger partial charge in [-0.1, -0.05) is 181 Å². The molecule has 8 unspecified atom stereocenters. The average molecular weight is 1370 g/mol. The van der Waals surface area contributed by atoms with E-state index in [2.05, 4.69) is 6.92 Å². The second-order valence-electron chi connectivity index (χ2n) is 25.5. The summed E-state index contributed by atoms with van der Waals surface area (Å²) in [6.07, 6.45) is -16.5. The Balaban J connectivity index is 1.00. The van der Waals surface area contributed by atoms with Gasteiger partial charge in [0.15, 0.2) is 37.2 Å². The van der Waals surface area contributed by atoms with Gasteiger partial charge in [-0.2, -0.15) is 0 Å². The predicted octanol–water partition coefficient (Wildman–Crippen LogP) is 12.1. The number of rotatable bonds is 26. The molecule has 4 heterocycles. The zero-order valence-corrected chi connectivity index (χ0v) is 56.5. The molecule has 0 amide bonds. The van der Waals surface area contributed by atoms with E-state index in [0.717, 1.165) is 5.56 Å². The first-order valence-corrected chi connectivity index (χ1v) is 33.9. The van der Waals surface area contributed by atoms with E-state index < -0.39 is 147 Å². The van der Waals surface area contributed by atoms with Crippen molar-refractivity contribution in [3.63, 3.8) is 0 Å². The van der Waals surface area contributed by atoms with Crippen molar-refractivity contribution in [3.8, 4) is 0 Å². The van der Waals surface area contributed by atoms with Crippen LogP contribution < -0.4 is 0 Å². The molecule has 4 fully saturated rings. The van der Waals surface area contributed by atoms with Gasteiger partial charge >= 0.3 is 35.8 Å². The molecule has 0 radical (unpaired) electrons. The molecule has 0 saturated carbocycles. The molecule has 7 aromatic rings. The lowest BCUT2D eigenvalue weighted by molar-refractivity contribution is -0.444. The molecule has 0 aromatic heterocycles. The number of ether oxygens (including phenoxy) is 13. The zero-order chi connectivity index (χ0) is 70.1. The highest BCUT2D eigenvalue weighted by Gasteiger charge is 2.57. The van der Waals surface area contributed by atoms with Crippen molar-refractivity contribution in [1.82, 2.24) is 0 Å². The Morgan fingerprint density at radius 2 is 0.680 bits per heavy atom. The van der Waals surface area contributed by atoms with Crippen LogP contribution in [0.15, 0.2) is 212 Å². The standard InChI is InChI=1S/C79H84O21/c1-7-60-48(2)49(3)68(77(92-60)90-43-53-29-15-8-16-30-53)100-99-67-52(6)63(46-89-73(82)56-35-21-11-22-36-56)94-79(70(67)96-76(85)59-41-27-14-28-42-59)98-66-51(5)62(45-88-72(81)55-33-19-10-20-34-55)93-78(69(66)95-75(84)58-39-25-13-26-40-58)97-65-50(4)61(44-87-71(80)54-31-17-9-18-32-54)86-47-64(65)91-74(83)57-37-23-12-24-38-57/h8-42,48-52,60-70,77-79H,7,43-47H2,1-6H3/t48-,49-,50+,51+,52+,60?,61?,62?,63?,64?,65-,66-,67-,68?,69?,70?,77-,78+,79+/m0/s1. The maximum atomic E-state index is 15.0. The normalized spacial score (nSPS) is 28.8. The number of carbonyl (C=O) groups is 6. The Labute approximate surface area is 581 Å². The summed E-state index contributed by atoms with van der Waals surface area (Å²) < 4.78 is 85.7.